The van der Waals surface area contributed by atoms with Gasteiger partial charge in [-0.3, -0.25) is 14.6 Å². The van der Waals surface area contributed by atoms with E-state index in [0.29, 0.717) is 17.7 Å². The number of benzene rings is 1. The van der Waals surface area contributed by atoms with Crippen LogP contribution in [0, 0.1) is 0 Å². The van der Waals surface area contributed by atoms with Gasteiger partial charge in [0.05, 0.1) is 10.7 Å². The SMILES string of the molecule is O=Cc1ccc(C(=O)NCCCc2nc(-c3ccncc3)cs2)cc1. The van der Waals surface area contributed by atoms with Crippen LogP contribution in [0.5, 0.6) is 0 Å². The molecule has 0 saturated heterocycles. The normalized spacial score (nSPS) is 10.4. The topological polar surface area (TPSA) is 72.0 Å². The van der Waals surface area contributed by atoms with Crippen molar-refractivity contribution in [2.45, 2.75) is 12.8 Å². The van der Waals surface area contributed by atoms with E-state index in [2.05, 4.69) is 15.3 Å². The second-order valence-electron chi connectivity index (χ2n) is 5.46. The first-order chi connectivity index (χ1) is 12.3. The van der Waals surface area contributed by atoms with Gasteiger partial charge in [-0.15, -0.1) is 11.3 Å². The molecule has 0 aliphatic heterocycles. The molecule has 0 saturated carbocycles. The van der Waals surface area contributed by atoms with Gasteiger partial charge in [-0.1, -0.05) is 12.1 Å². The highest BCUT2D eigenvalue weighted by molar-refractivity contribution is 7.09. The van der Waals surface area contributed by atoms with Gasteiger partial charge in [0.1, 0.15) is 6.29 Å². The Labute approximate surface area is 149 Å². The van der Waals surface area contributed by atoms with Gasteiger partial charge in [0.15, 0.2) is 0 Å². The summed E-state index contributed by atoms with van der Waals surface area (Å²) in [6.45, 7) is 0.582. The lowest BCUT2D eigenvalue weighted by molar-refractivity contribution is 0.0952. The molecule has 2 aromatic heterocycles. The Kier molecular flexibility index (Phi) is 5.64. The summed E-state index contributed by atoms with van der Waals surface area (Å²) >= 11 is 1.63. The molecule has 0 aliphatic rings. The highest BCUT2D eigenvalue weighted by Gasteiger charge is 2.06. The Morgan fingerprint density at radius 2 is 1.88 bits per heavy atom. The van der Waals surface area contributed by atoms with Crippen LogP contribution in [-0.2, 0) is 6.42 Å². The lowest BCUT2D eigenvalue weighted by Gasteiger charge is -2.04. The number of hydrogen-bond donors (Lipinski definition) is 1. The molecule has 0 aliphatic carbocycles. The molecule has 0 atom stereocenters. The highest BCUT2D eigenvalue weighted by Crippen LogP contribution is 2.21. The van der Waals surface area contributed by atoms with Gasteiger partial charge < -0.3 is 5.32 Å². The van der Waals surface area contributed by atoms with Gasteiger partial charge in [0.25, 0.3) is 5.91 Å². The van der Waals surface area contributed by atoms with Crippen LogP contribution in [0.4, 0.5) is 0 Å². The number of aromatic nitrogens is 2. The van der Waals surface area contributed by atoms with Crippen molar-refractivity contribution in [3.63, 3.8) is 0 Å². The summed E-state index contributed by atoms with van der Waals surface area (Å²) in [4.78, 5) is 31.3. The molecule has 2 heterocycles. The number of aryl methyl sites for hydroxylation is 1. The van der Waals surface area contributed by atoms with Crippen LogP contribution in [0.25, 0.3) is 11.3 Å². The zero-order valence-corrected chi connectivity index (χ0v) is 14.3. The van der Waals surface area contributed by atoms with E-state index in [1.165, 1.54) is 0 Å². The third kappa shape index (κ3) is 4.58. The summed E-state index contributed by atoms with van der Waals surface area (Å²) in [5.41, 5.74) is 3.14. The van der Waals surface area contributed by atoms with Gasteiger partial charge in [-0.05, 0) is 30.7 Å². The number of nitrogens with one attached hydrogen (secondary N) is 1. The maximum Gasteiger partial charge on any atom is 0.251 e. The van der Waals surface area contributed by atoms with Crippen molar-refractivity contribution >= 4 is 23.5 Å². The standard InChI is InChI=1S/C19H17N3O2S/c23-12-14-3-5-16(6-4-14)19(24)21-9-1-2-18-22-17(13-25-18)15-7-10-20-11-8-15/h3-8,10-13H,1-2,9H2,(H,21,24). The number of amides is 1. The van der Waals surface area contributed by atoms with E-state index in [1.807, 2.05) is 17.5 Å². The first-order valence-electron chi connectivity index (χ1n) is 7.94. The third-order valence-corrected chi connectivity index (χ3v) is 4.60. The summed E-state index contributed by atoms with van der Waals surface area (Å²) in [5.74, 6) is -0.130. The van der Waals surface area contributed by atoms with Gasteiger partial charge in [0.2, 0.25) is 0 Å². The van der Waals surface area contributed by atoms with Crippen molar-refractivity contribution < 1.29 is 9.59 Å². The van der Waals surface area contributed by atoms with Gasteiger partial charge in [-0.25, -0.2) is 4.98 Å². The van der Waals surface area contributed by atoms with E-state index < -0.39 is 0 Å². The predicted octanol–water partition coefficient (Wildman–Crippen LogP) is 3.38. The van der Waals surface area contributed by atoms with Crippen LogP contribution >= 0.6 is 11.3 Å². The summed E-state index contributed by atoms with van der Waals surface area (Å²) in [6, 6.07) is 10.5. The molecule has 1 aromatic carbocycles. The van der Waals surface area contributed by atoms with E-state index in [0.717, 1.165) is 35.4 Å². The van der Waals surface area contributed by atoms with Gasteiger partial charge >= 0.3 is 0 Å². The Bertz CT molecular complexity index is 845. The van der Waals surface area contributed by atoms with E-state index in [1.54, 1.807) is 48.0 Å². The molecule has 3 rings (SSSR count). The molecule has 0 radical (unpaired) electrons. The fraction of sp³-hybridized carbons (Fsp3) is 0.158. The van der Waals surface area contributed by atoms with Crippen LogP contribution in [0.1, 0.15) is 32.1 Å². The van der Waals surface area contributed by atoms with Crippen molar-refractivity contribution in [2.24, 2.45) is 0 Å². The van der Waals surface area contributed by atoms with Crippen molar-refractivity contribution in [3.05, 3.63) is 70.3 Å². The number of carbonyl (C=O) groups excluding carboxylic acids is 2. The third-order valence-electron chi connectivity index (χ3n) is 3.69. The maximum absolute atomic E-state index is 12.0. The fourth-order valence-electron chi connectivity index (χ4n) is 2.34. The number of hydrogen-bond acceptors (Lipinski definition) is 5. The number of rotatable bonds is 7. The number of pyridine rings is 1. The smallest absolute Gasteiger partial charge is 0.251 e. The van der Waals surface area contributed by atoms with Gasteiger partial charge in [0, 0.05) is 47.4 Å². The molecule has 3 aromatic rings. The largest absolute Gasteiger partial charge is 0.352 e. The van der Waals surface area contributed by atoms with E-state index in [9.17, 15) is 9.59 Å². The summed E-state index contributed by atoms with van der Waals surface area (Å²) in [6.07, 6.45) is 5.91. The lowest BCUT2D eigenvalue weighted by Crippen LogP contribution is -2.24. The molecule has 126 valence electrons. The predicted molar refractivity (Wildman–Crippen MR) is 97.8 cm³/mol. The van der Waals surface area contributed by atoms with E-state index in [-0.39, 0.29) is 5.91 Å². The average Bonchev–Trinajstić information content (AvgIpc) is 3.15. The Hall–Kier alpha value is -2.86. The molecule has 25 heavy (non-hydrogen) atoms. The monoisotopic (exact) mass is 351 g/mol. The first-order valence-corrected chi connectivity index (χ1v) is 8.82. The minimum absolute atomic E-state index is 0.130. The number of nitrogens with zero attached hydrogens (tertiary/aromatic N) is 2. The van der Waals surface area contributed by atoms with E-state index >= 15 is 0 Å². The van der Waals surface area contributed by atoms with Crippen molar-refractivity contribution in [1.82, 2.24) is 15.3 Å². The molecule has 0 unspecified atom stereocenters. The molecule has 0 spiro atoms. The number of carbonyl (C=O) groups is 2. The molecule has 6 heteroatoms. The van der Waals surface area contributed by atoms with Crippen LogP contribution in [0.2, 0.25) is 0 Å². The van der Waals surface area contributed by atoms with Crippen LogP contribution in [-0.4, -0.2) is 28.7 Å². The molecular formula is C19H17N3O2S. The fourth-order valence-corrected chi connectivity index (χ4v) is 3.19. The summed E-state index contributed by atoms with van der Waals surface area (Å²) in [7, 11) is 0. The molecule has 5 nitrogen and oxygen atoms in total. The molecule has 1 amide bonds. The first kappa shape index (κ1) is 17.0. The Balaban J connectivity index is 1.46. The molecule has 1 N–H and O–H groups in total. The lowest BCUT2D eigenvalue weighted by atomic mass is 10.1. The second-order valence-corrected chi connectivity index (χ2v) is 6.40. The molecule has 0 bridgehead atoms. The van der Waals surface area contributed by atoms with E-state index in [4.69, 9.17) is 0 Å². The van der Waals surface area contributed by atoms with Crippen molar-refractivity contribution in [3.8, 4) is 11.3 Å². The minimum Gasteiger partial charge on any atom is -0.352 e. The van der Waals surface area contributed by atoms with Crippen LogP contribution in [0.3, 0.4) is 0 Å². The Morgan fingerprint density at radius 1 is 1.12 bits per heavy atom. The Morgan fingerprint density at radius 3 is 2.60 bits per heavy atom. The summed E-state index contributed by atoms with van der Waals surface area (Å²) < 4.78 is 0. The summed E-state index contributed by atoms with van der Waals surface area (Å²) in [5, 5.41) is 5.98. The van der Waals surface area contributed by atoms with Crippen LogP contribution in [0.15, 0.2) is 54.2 Å². The number of aldehydes is 1. The zero-order valence-electron chi connectivity index (χ0n) is 13.5. The highest BCUT2D eigenvalue weighted by atomic mass is 32.1. The molecular weight excluding hydrogens is 334 g/mol. The average molecular weight is 351 g/mol. The zero-order chi connectivity index (χ0) is 17.5. The van der Waals surface area contributed by atoms with Crippen LogP contribution < -0.4 is 5.32 Å². The maximum atomic E-state index is 12.0. The van der Waals surface area contributed by atoms with Crippen molar-refractivity contribution in [1.29, 1.82) is 0 Å². The van der Waals surface area contributed by atoms with Gasteiger partial charge in [-0.2, -0.15) is 0 Å². The minimum atomic E-state index is -0.130. The molecule has 0 fully saturated rings. The number of thiazole rings is 1. The second kappa shape index (κ2) is 8.30. The quantitative estimate of drug-likeness (QED) is 0.523. The van der Waals surface area contributed by atoms with Crippen molar-refractivity contribution in [2.75, 3.05) is 6.54 Å².